The van der Waals surface area contributed by atoms with Crippen LogP contribution < -0.4 is 27.0 Å². The number of primary amides is 2. The van der Waals surface area contributed by atoms with Crippen molar-refractivity contribution in [2.75, 3.05) is 28.6 Å². The minimum absolute atomic E-state index is 0.0122. The van der Waals surface area contributed by atoms with E-state index in [2.05, 4.69) is 30.5 Å². The summed E-state index contributed by atoms with van der Waals surface area (Å²) in [5.74, 6) is 0.439. The standard InChI is InChI=1S/C19H26N8O2/c1-11(2)8-13(17(20)28)25-14-10-23-16(18(21)29)19(26-14)24-12-4-5-15(22-9-12)27-6-3-7-27/h4-5,9-11,13H,3,6-8H2,1-2H3,(H2,20,28)(H2,21,29)(H2,24,25,26). The predicted molar refractivity (Wildman–Crippen MR) is 111 cm³/mol. The Balaban J connectivity index is 1.81. The number of nitrogens with two attached hydrogens (primary N) is 2. The molecule has 10 heteroatoms. The van der Waals surface area contributed by atoms with E-state index < -0.39 is 17.9 Å². The van der Waals surface area contributed by atoms with Gasteiger partial charge in [-0.05, 0) is 30.9 Å². The maximum absolute atomic E-state index is 11.8. The first-order valence-corrected chi connectivity index (χ1v) is 9.54. The Bertz CT molecular complexity index is 880. The summed E-state index contributed by atoms with van der Waals surface area (Å²) in [5.41, 5.74) is 11.5. The van der Waals surface area contributed by atoms with E-state index in [1.54, 1.807) is 6.20 Å². The zero-order valence-electron chi connectivity index (χ0n) is 16.6. The third kappa shape index (κ3) is 5.09. The Hall–Kier alpha value is -3.43. The molecule has 0 spiro atoms. The van der Waals surface area contributed by atoms with Crippen LogP contribution in [-0.4, -0.2) is 45.9 Å². The van der Waals surface area contributed by atoms with Gasteiger partial charge in [-0.1, -0.05) is 13.8 Å². The van der Waals surface area contributed by atoms with Gasteiger partial charge >= 0.3 is 0 Å². The average Bonchev–Trinajstić information content (AvgIpc) is 2.61. The average molecular weight is 398 g/mol. The van der Waals surface area contributed by atoms with E-state index >= 15 is 0 Å². The molecular formula is C19H26N8O2. The Morgan fingerprint density at radius 1 is 1.17 bits per heavy atom. The lowest BCUT2D eigenvalue weighted by molar-refractivity contribution is -0.119. The molecule has 0 aliphatic carbocycles. The van der Waals surface area contributed by atoms with E-state index in [1.165, 1.54) is 12.6 Å². The van der Waals surface area contributed by atoms with Gasteiger partial charge in [0, 0.05) is 13.1 Å². The molecule has 0 radical (unpaired) electrons. The van der Waals surface area contributed by atoms with E-state index in [-0.39, 0.29) is 17.4 Å². The molecule has 0 saturated carbocycles. The lowest BCUT2D eigenvalue weighted by Crippen LogP contribution is -2.37. The maximum Gasteiger partial charge on any atom is 0.271 e. The molecule has 29 heavy (non-hydrogen) atoms. The quantitative estimate of drug-likeness (QED) is 0.492. The summed E-state index contributed by atoms with van der Waals surface area (Å²) in [4.78, 5) is 38.5. The van der Waals surface area contributed by atoms with Gasteiger partial charge in [0.05, 0.1) is 18.1 Å². The van der Waals surface area contributed by atoms with Gasteiger partial charge in [0.25, 0.3) is 5.91 Å². The normalized spacial score (nSPS) is 14.2. The van der Waals surface area contributed by atoms with Crippen LogP contribution in [0.1, 0.15) is 37.2 Å². The molecule has 1 aliphatic heterocycles. The van der Waals surface area contributed by atoms with Gasteiger partial charge in [0.15, 0.2) is 11.5 Å². The molecule has 10 nitrogen and oxygen atoms in total. The lowest BCUT2D eigenvalue weighted by atomic mass is 10.0. The van der Waals surface area contributed by atoms with Crippen molar-refractivity contribution in [3.63, 3.8) is 0 Å². The van der Waals surface area contributed by atoms with Gasteiger partial charge in [0.2, 0.25) is 5.91 Å². The topological polar surface area (TPSA) is 152 Å². The van der Waals surface area contributed by atoms with Gasteiger partial charge in [-0.2, -0.15) is 0 Å². The fourth-order valence-corrected chi connectivity index (χ4v) is 2.95. The highest BCUT2D eigenvalue weighted by Gasteiger charge is 2.20. The SMILES string of the molecule is CC(C)CC(Nc1cnc(C(N)=O)c(Nc2ccc(N3CCC3)nc2)n1)C(N)=O. The van der Waals surface area contributed by atoms with Gasteiger partial charge in [-0.15, -0.1) is 0 Å². The number of nitrogens with zero attached hydrogens (tertiary/aromatic N) is 4. The summed E-state index contributed by atoms with van der Waals surface area (Å²) < 4.78 is 0. The summed E-state index contributed by atoms with van der Waals surface area (Å²) >= 11 is 0. The number of hydrogen-bond acceptors (Lipinski definition) is 8. The monoisotopic (exact) mass is 398 g/mol. The Morgan fingerprint density at radius 2 is 1.93 bits per heavy atom. The van der Waals surface area contributed by atoms with E-state index in [9.17, 15) is 9.59 Å². The van der Waals surface area contributed by atoms with Crippen LogP contribution >= 0.6 is 0 Å². The molecule has 0 bridgehead atoms. The molecule has 3 rings (SSSR count). The molecule has 1 atom stereocenters. The maximum atomic E-state index is 11.8. The summed E-state index contributed by atoms with van der Waals surface area (Å²) in [7, 11) is 0. The third-order valence-electron chi connectivity index (χ3n) is 4.57. The molecular weight excluding hydrogens is 372 g/mol. The van der Waals surface area contributed by atoms with Crippen LogP contribution in [0.15, 0.2) is 24.5 Å². The predicted octanol–water partition coefficient (Wildman–Crippen LogP) is 1.24. The highest BCUT2D eigenvalue weighted by Crippen LogP contribution is 2.23. The van der Waals surface area contributed by atoms with Crippen LogP contribution in [0.5, 0.6) is 0 Å². The zero-order chi connectivity index (χ0) is 21.0. The number of rotatable bonds is 9. The molecule has 1 aliphatic rings. The largest absolute Gasteiger partial charge is 0.368 e. The summed E-state index contributed by atoms with van der Waals surface area (Å²) in [5, 5.41) is 6.01. The van der Waals surface area contributed by atoms with Crippen LogP contribution in [0.25, 0.3) is 0 Å². The van der Waals surface area contributed by atoms with E-state index in [1.807, 2.05) is 26.0 Å². The smallest absolute Gasteiger partial charge is 0.271 e. The van der Waals surface area contributed by atoms with Crippen molar-refractivity contribution in [1.82, 2.24) is 15.0 Å². The first kappa shape index (κ1) is 20.3. The first-order valence-electron chi connectivity index (χ1n) is 9.54. The van der Waals surface area contributed by atoms with Crippen LogP contribution in [0, 0.1) is 5.92 Å². The van der Waals surface area contributed by atoms with Crippen molar-refractivity contribution in [2.45, 2.75) is 32.7 Å². The van der Waals surface area contributed by atoms with Crippen molar-refractivity contribution in [3.05, 3.63) is 30.2 Å². The second kappa shape index (κ2) is 8.72. The number of hydrogen-bond donors (Lipinski definition) is 4. The van der Waals surface area contributed by atoms with Gasteiger partial charge in [-0.25, -0.2) is 15.0 Å². The van der Waals surface area contributed by atoms with Crippen LogP contribution in [0.2, 0.25) is 0 Å². The van der Waals surface area contributed by atoms with Crippen molar-refractivity contribution in [1.29, 1.82) is 0 Å². The fourth-order valence-electron chi connectivity index (χ4n) is 2.95. The minimum atomic E-state index is -0.717. The molecule has 3 heterocycles. The number of aromatic nitrogens is 3. The second-order valence-corrected chi connectivity index (χ2v) is 7.42. The molecule has 2 amide bonds. The summed E-state index contributed by atoms with van der Waals surface area (Å²) in [6.45, 7) is 5.98. The number of carbonyl (C=O) groups excluding carboxylic acids is 2. The highest BCUT2D eigenvalue weighted by atomic mass is 16.1. The summed E-state index contributed by atoms with van der Waals surface area (Å²) in [6, 6.07) is 3.14. The van der Waals surface area contributed by atoms with Crippen molar-refractivity contribution >= 4 is 35.0 Å². The molecule has 1 unspecified atom stereocenters. The Morgan fingerprint density at radius 3 is 2.45 bits per heavy atom. The lowest BCUT2D eigenvalue weighted by Gasteiger charge is -2.31. The number of anilines is 4. The van der Waals surface area contributed by atoms with Crippen molar-refractivity contribution < 1.29 is 9.59 Å². The highest BCUT2D eigenvalue weighted by molar-refractivity contribution is 5.96. The second-order valence-electron chi connectivity index (χ2n) is 7.42. The van der Waals surface area contributed by atoms with Crippen LogP contribution in [0.4, 0.5) is 23.1 Å². The van der Waals surface area contributed by atoms with Crippen LogP contribution in [0.3, 0.4) is 0 Å². The molecule has 6 N–H and O–H groups in total. The van der Waals surface area contributed by atoms with Gasteiger partial charge < -0.3 is 27.0 Å². The number of amides is 2. The fraction of sp³-hybridized carbons (Fsp3) is 0.421. The molecule has 1 saturated heterocycles. The number of pyridine rings is 1. The molecule has 1 fully saturated rings. The zero-order valence-corrected chi connectivity index (χ0v) is 16.6. The molecule has 2 aromatic heterocycles. The Labute approximate surface area is 169 Å². The van der Waals surface area contributed by atoms with E-state index in [0.29, 0.717) is 17.9 Å². The third-order valence-corrected chi connectivity index (χ3v) is 4.57. The van der Waals surface area contributed by atoms with Gasteiger partial charge in [0.1, 0.15) is 17.7 Å². The number of nitrogens with one attached hydrogen (secondary N) is 2. The molecule has 154 valence electrons. The van der Waals surface area contributed by atoms with Crippen LogP contribution in [-0.2, 0) is 4.79 Å². The van der Waals surface area contributed by atoms with E-state index in [0.717, 1.165) is 18.9 Å². The van der Waals surface area contributed by atoms with Crippen molar-refractivity contribution in [3.8, 4) is 0 Å². The first-order chi connectivity index (χ1) is 13.8. The molecule has 2 aromatic rings. The van der Waals surface area contributed by atoms with E-state index in [4.69, 9.17) is 11.5 Å². The van der Waals surface area contributed by atoms with Crippen molar-refractivity contribution in [2.24, 2.45) is 17.4 Å². The molecule has 0 aromatic carbocycles. The number of carbonyl (C=O) groups is 2. The summed E-state index contributed by atoms with van der Waals surface area (Å²) in [6.07, 6.45) is 4.72. The van der Waals surface area contributed by atoms with Gasteiger partial charge in [-0.3, -0.25) is 9.59 Å². The Kier molecular flexibility index (Phi) is 6.10. The minimum Gasteiger partial charge on any atom is -0.368 e.